The standard InChI is InChI=1S/C29H50N3O10/c33-19-9-12-24(29(39)40)32-27(36)16-15-26(35)31-18-11-23-42-21-8-7-20-41-22-10-17-30-25(34)13-5-3-1-2-4-6-14-28(37)38/h24H,1-18,20-23H2,(H,30,34)(H,31,35)(H,32,36)(H,37,38)(H,39,40)/t24-/m0/s1. The Balaban J connectivity index is 3.44. The van der Waals surface area contributed by atoms with Crippen LogP contribution >= 0.6 is 0 Å². The summed E-state index contributed by atoms with van der Waals surface area (Å²) >= 11 is 0. The third-order valence-corrected chi connectivity index (χ3v) is 6.19. The number of unbranched alkanes of at least 4 members (excludes halogenated alkanes) is 6. The van der Waals surface area contributed by atoms with Crippen LogP contribution in [0.4, 0.5) is 0 Å². The molecule has 0 bridgehead atoms. The molecule has 0 heterocycles. The minimum atomic E-state index is -1.24. The predicted molar refractivity (Wildman–Crippen MR) is 154 cm³/mol. The van der Waals surface area contributed by atoms with Crippen molar-refractivity contribution in [3.8, 4) is 0 Å². The van der Waals surface area contributed by atoms with Crippen molar-refractivity contribution >= 4 is 35.9 Å². The largest absolute Gasteiger partial charge is 0.481 e. The van der Waals surface area contributed by atoms with E-state index in [0.717, 1.165) is 57.8 Å². The fourth-order valence-electron chi connectivity index (χ4n) is 3.82. The van der Waals surface area contributed by atoms with Crippen molar-refractivity contribution in [1.29, 1.82) is 0 Å². The summed E-state index contributed by atoms with van der Waals surface area (Å²) in [6.07, 6.45) is 10.6. The van der Waals surface area contributed by atoms with E-state index < -0.39 is 23.9 Å². The first kappa shape index (κ1) is 38.9. The molecule has 1 atom stereocenters. The van der Waals surface area contributed by atoms with Gasteiger partial charge in [-0.25, -0.2) is 4.79 Å². The molecule has 3 amide bonds. The van der Waals surface area contributed by atoms with E-state index >= 15 is 0 Å². The molecule has 42 heavy (non-hydrogen) atoms. The van der Waals surface area contributed by atoms with Gasteiger partial charge in [0.25, 0.3) is 0 Å². The van der Waals surface area contributed by atoms with E-state index in [9.17, 15) is 28.8 Å². The molecule has 1 radical (unpaired) electrons. The molecule has 13 nitrogen and oxygen atoms in total. The molecule has 0 saturated heterocycles. The summed E-state index contributed by atoms with van der Waals surface area (Å²) in [4.78, 5) is 67.2. The summed E-state index contributed by atoms with van der Waals surface area (Å²) in [5, 5.41) is 25.5. The molecule has 13 heteroatoms. The van der Waals surface area contributed by atoms with Crippen molar-refractivity contribution in [2.45, 2.75) is 109 Å². The molecule has 0 aromatic rings. The number of carbonyl (C=O) groups is 5. The lowest BCUT2D eigenvalue weighted by molar-refractivity contribution is -0.142. The molecule has 0 fully saturated rings. The van der Waals surface area contributed by atoms with Crippen LogP contribution in [0, 0.1) is 0 Å². The van der Waals surface area contributed by atoms with Gasteiger partial charge in [-0.3, -0.25) is 24.0 Å². The Morgan fingerprint density at radius 3 is 1.60 bits per heavy atom. The number of hydrogen-bond acceptors (Lipinski definition) is 8. The molecule has 5 N–H and O–H groups in total. The Hall–Kier alpha value is -3.06. The van der Waals surface area contributed by atoms with E-state index in [1.165, 1.54) is 0 Å². The second-order valence-corrected chi connectivity index (χ2v) is 10.00. The quantitative estimate of drug-likeness (QED) is 0.0762. The normalized spacial score (nSPS) is 11.4. The van der Waals surface area contributed by atoms with E-state index in [2.05, 4.69) is 16.0 Å². The highest BCUT2D eigenvalue weighted by molar-refractivity contribution is 5.87. The predicted octanol–water partition coefficient (Wildman–Crippen LogP) is 2.26. The highest BCUT2D eigenvalue weighted by Crippen LogP contribution is 2.08. The van der Waals surface area contributed by atoms with Crippen molar-refractivity contribution in [3.63, 3.8) is 0 Å². The van der Waals surface area contributed by atoms with E-state index in [-0.39, 0.29) is 43.9 Å². The molecule has 241 valence electrons. The fraction of sp³-hybridized carbons (Fsp3) is 0.793. The number of carbonyl (C=O) groups excluding carboxylic acids is 4. The Kier molecular flexibility index (Phi) is 26.0. The second kappa shape index (κ2) is 28.1. The van der Waals surface area contributed by atoms with Crippen LogP contribution in [-0.2, 0) is 38.2 Å². The Labute approximate surface area is 248 Å². The van der Waals surface area contributed by atoms with Crippen molar-refractivity contribution < 1.29 is 48.5 Å². The van der Waals surface area contributed by atoms with Crippen molar-refractivity contribution in [2.75, 3.05) is 39.5 Å². The smallest absolute Gasteiger partial charge is 0.326 e. The number of nitrogens with one attached hydrogen (secondary N) is 3. The summed E-state index contributed by atoms with van der Waals surface area (Å²) < 4.78 is 11.1. The van der Waals surface area contributed by atoms with Crippen LogP contribution in [0.5, 0.6) is 0 Å². The topological polar surface area (TPSA) is 197 Å². The van der Waals surface area contributed by atoms with Gasteiger partial charge in [-0.15, -0.1) is 0 Å². The monoisotopic (exact) mass is 600 g/mol. The minimum absolute atomic E-state index is 0.0470. The maximum absolute atomic E-state index is 11.8. The third kappa shape index (κ3) is 27.1. The number of ether oxygens (including phenoxy) is 2. The molecule has 0 spiro atoms. The van der Waals surface area contributed by atoms with E-state index in [1.54, 1.807) is 6.29 Å². The number of aliphatic carboxylic acids is 2. The Morgan fingerprint density at radius 1 is 0.595 bits per heavy atom. The van der Waals surface area contributed by atoms with Crippen LogP contribution in [0.1, 0.15) is 103 Å². The first-order valence-electron chi connectivity index (χ1n) is 15.0. The molecule has 0 aromatic heterocycles. The van der Waals surface area contributed by atoms with Gasteiger partial charge in [0, 0.05) is 71.6 Å². The summed E-state index contributed by atoms with van der Waals surface area (Å²) in [5.74, 6) is -2.81. The summed E-state index contributed by atoms with van der Waals surface area (Å²) in [5.41, 5.74) is 0. The molecule has 0 saturated carbocycles. The van der Waals surface area contributed by atoms with E-state index in [1.807, 2.05) is 0 Å². The van der Waals surface area contributed by atoms with E-state index in [0.29, 0.717) is 52.4 Å². The number of hydrogen-bond donors (Lipinski definition) is 5. The lowest BCUT2D eigenvalue weighted by Gasteiger charge is -2.13. The molecule has 0 aliphatic rings. The van der Waals surface area contributed by atoms with Crippen molar-refractivity contribution in [2.24, 2.45) is 0 Å². The summed E-state index contributed by atoms with van der Waals surface area (Å²) in [6.45, 7) is 3.27. The number of amides is 3. The van der Waals surface area contributed by atoms with Crippen LogP contribution < -0.4 is 16.0 Å². The van der Waals surface area contributed by atoms with Crippen molar-refractivity contribution in [3.05, 3.63) is 0 Å². The van der Waals surface area contributed by atoms with Crippen LogP contribution in [-0.4, -0.2) is 91.7 Å². The second-order valence-electron chi connectivity index (χ2n) is 10.00. The van der Waals surface area contributed by atoms with Gasteiger partial charge < -0.3 is 35.6 Å². The van der Waals surface area contributed by atoms with Gasteiger partial charge in [-0.05, 0) is 44.9 Å². The highest BCUT2D eigenvalue weighted by atomic mass is 16.5. The van der Waals surface area contributed by atoms with Crippen LogP contribution in [0.25, 0.3) is 0 Å². The minimum Gasteiger partial charge on any atom is -0.481 e. The molecule has 0 rings (SSSR count). The number of rotatable bonds is 30. The van der Waals surface area contributed by atoms with Gasteiger partial charge in [-0.1, -0.05) is 25.7 Å². The zero-order valence-corrected chi connectivity index (χ0v) is 24.8. The Bertz CT molecular complexity index is 779. The number of carboxylic acid groups (broad SMARTS) is 2. The average molecular weight is 601 g/mol. The SMILES string of the molecule is O=[C]CC[C@H](NC(=O)CCC(=O)NCCCOCCCCOCCCNC(=O)CCCCCCCCC(=O)O)C(=O)O. The summed E-state index contributed by atoms with van der Waals surface area (Å²) in [6, 6.07) is -1.17. The zero-order chi connectivity index (χ0) is 31.3. The van der Waals surface area contributed by atoms with Gasteiger partial charge >= 0.3 is 11.9 Å². The first-order valence-corrected chi connectivity index (χ1v) is 15.0. The lowest BCUT2D eigenvalue weighted by Crippen LogP contribution is -2.41. The molecule has 0 aliphatic heterocycles. The molecular weight excluding hydrogens is 550 g/mol. The average Bonchev–Trinajstić information content (AvgIpc) is 2.95. The van der Waals surface area contributed by atoms with Crippen LogP contribution in [0.2, 0.25) is 0 Å². The number of carboxylic acids is 2. The van der Waals surface area contributed by atoms with Crippen LogP contribution in [0.15, 0.2) is 0 Å². The third-order valence-electron chi connectivity index (χ3n) is 6.19. The zero-order valence-electron chi connectivity index (χ0n) is 24.8. The van der Waals surface area contributed by atoms with Crippen molar-refractivity contribution in [1.82, 2.24) is 16.0 Å². The summed E-state index contributed by atoms with van der Waals surface area (Å²) in [7, 11) is 0. The lowest BCUT2D eigenvalue weighted by atomic mass is 10.1. The van der Waals surface area contributed by atoms with E-state index in [4.69, 9.17) is 19.7 Å². The molecule has 0 aliphatic carbocycles. The van der Waals surface area contributed by atoms with Gasteiger partial charge in [-0.2, -0.15) is 0 Å². The van der Waals surface area contributed by atoms with Gasteiger partial charge in [0.1, 0.15) is 6.04 Å². The van der Waals surface area contributed by atoms with Gasteiger partial charge in [0.05, 0.1) is 0 Å². The first-order chi connectivity index (χ1) is 20.3. The molecule has 0 aromatic carbocycles. The maximum Gasteiger partial charge on any atom is 0.326 e. The molecular formula is C29H50N3O10. The maximum atomic E-state index is 11.8. The fourth-order valence-corrected chi connectivity index (χ4v) is 3.82. The molecule has 0 unspecified atom stereocenters. The van der Waals surface area contributed by atoms with Gasteiger partial charge in [0.2, 0.25) is 17.7 Å². The van der Waals surface area contributed by atoms with Gasteiger partial charge in [0.15, 0.2) is 6.29 Å². The Morgan fingerprint density at radius 2 is 1.07 bits per heavy atom. The van der Waals surface area contributed by atoms with Crippen LogP contribution in [0.3, 0.4) is 0 Å². The highest BCUT2D eigenvalue weighted by Gasteiger charge is 2.19.